The van der Waals surface area contributed by atoms with Crippen LogP contribution in [0.25, 0.3) is 0 Å². The number of nitrogens with one attached hydrogen (secondary N) is 2. The summed E-state index contributed by atoms with van der Waals surface area (Å²) in [4.78, 5) is 14.4. The molecular weight excluding hydrogens is 426 g/mol. The Labute approximate surface area is 207 Å². The van der Waals surface area contributed by atoms with Gasteiger partial charge in [0.15, 0.2) is 0 Å². The van der Waals surface area contributed by atoms with Crippen molar-refractivity contribution in [3.05, 3.63) is 23.3 Å². The van der Waals surface area contributed by atoms with Crippen molar-refractivity contribution < 1.29 is 4.79 Å². The topological polar surface area (TPSA) is 44.4 Å². The summed E-state index contributed by atoms with van der Waals surface area (Å²) in [5, 5.41) is 9.48. The summed E-state index contributed by atoms with van der Waals surface area (Å²) in [6.45, 7) is 13.2. The van der Waals surface area contributed by atoms with Crippen molar-refractivity contribution in [2.45, 2.75) is 85.6 Å². The van der Waals surface area contributed by atoms with Crippen molar-refractivity contribution in [3.63, 3.8) is 0 Å². The van der Waals surface area contributed by atoms with Crippen LogP contribution in [0.4, 0.5) is 0 Å². The number of carbonyl (C=O) groups excluding carboxylic acids is 1. The lowest BCUT2D eigenvalue weighted by atomic mass is 9.45. The lowest BCUT2D eigenvalue weighted by Crippen LogP contribution is -2.60. The minimum absolute atomic E-state index is 0.116. The molecule has 188 valence electrons. The first kappa shape index (κ1) is 26.7. The number of unbranched alkanes of at least 4 members (excludes halogenated alkanes) is 1. The van der Waals surface area contributed by atoms with Crippen LogP contribution in [-0.4, -0.2) is 43.4 Å². The second kappa shape index (κ2) is 11.2. The zero-order chi connectivity index (χ0) is 24.2. The number of thioether (sulfide) groups is 1. The monoisotopic (exact) mass is 475 g/mol. The van der Waals surface area contributed by atoms with Gasteiger partial charge in [0.05, 0.1) is 0 Å². The van der Waals surface area contributed by atoms with Crippen molar-refractivity contribution in [1.82, 2.24) is 15.5 Å². The van der Waals surface area contributed by atoms with E-state index in [0.29, 0.717) is 29.2 Å². The summed E-state index contributed by atoms with van der Waals surface area (Å²) in [6.07, 6.45) is 12.8. The van der Waals surface area contributed by atoms with Crippen molar-refractivity contribution in [2.24, 2.45) is 34.5 Å². The SMILES string of the molecule is CCCCNCSC=C(NC)[C@@H](C)[C@@]1(C)CCC2C(CCC3N(C)C(=O)C=CC23C)C1CC. The fraction of sp³-hybridized carbons (Fsp3) is 0.821. The first-order valence-corrected chi connectivity index (χ1v) is 14.5. The van der Waals surface area contributed by atoms with Crippen LogP contribution in [-0.2, 0) is 4.79 Å². The van der Waals surface area contributed by atoms with E-state index < -0.39 is 0 Å². The zero-order valence-corrected chi connectivity index (χ0v) is 23.1. The number of fused-ring (bicyclic) bond motifs is 3. The Kier molecular flexibility index (Phi) is 9.05. The van der Waals surface area contributed by atoms with Crippen molar-refractivity contribution >= 4 is 17.7 Å². The molecule has 0 aromatic rings. The van der Waals surface area contributed by atoms with Crippen LogP contribution < -0.4 is 10.6 Å². The minimum Gasteiger partial charge on any atom is -0.391 e. The molecule has 1 heterocycles. The summed E-state index contributed by atoms with van der Waals surface area (Å²) < 4.78 is 0. The Bertz CT molecular complexity index is 737. The van der Waals surface area contributed by atoms with E-state index in [1.54, 1.807) is 0 Å². The molecule has 4 nitrogen and oxygen atoms in total. The Hall–Kier alpha value is -0.940. The maximum Gasteiger partial charge on any atom is 0.246 e. The Morgan fingerprint density at radius 2 is 2.06 bits per heavy atom. The Morgan fingerprint density at radius 1 is 1.30 bits per heavy atom. The normalized spacial score (nSPS) is 37.5. The predicted octanol–water partition coefficient (Wildman–Crippen LogP) is 6.02. The third-order valence-electron chi connectivity index (χ3n) is 9.85. The van der Waals surface area contributed by atoms with Crippen LogP contribution in [0.3, 0.4) is 0 Å². The first-order chi connectivity index (χ1) is 15.7. The number of rotatable bonds is 10. The van der Waals surface area contributed by atoms with E-state index in [0.717, 1.165) is 24.8 Å². The van der Waals surface area contributed by atoms with Gasteiger partial charge in [0.2, 0.25) is 5.91 Å². The van der Waals surface area contributed by atoms with Gasteiger partial charge in [-0.1, -0.05) is 53.5 Å². The molecule has 0 bridgehead atoms. The highest BCUT2D eigenvalue weighted by molar-refractivity contribution is 8.02. The van der Waals surface area contributed by atoms with E-state index in [-0.39, 0.29) is 11.3 Å². The minimum atomic E-state index is 0.116. The molecule has 1 amide bonds. The predicted molar refractivity (Wildman–Crippen MR) is 143 cm³/mol. The number of hydrogen-bond donors (Lipinski definition) is 2. The van der Waals surface area contributed by atoms with E-state index in [4.69, 9.17) is 0 Å². The smallest absolute Gasteiger partial charge is 0.246 e. The van der Waals surface area contributed by atoms with E-state index in [1.165, 1.54) is 44.2 Å². The molecule has 2 saturated carbocycles. The summed E-state index contributed by atoms with van der Waals surface area (Å²) in [6, 6.07) is 0.361. The average molecular weight is 476 g/mol. The molecule has 1 aliphatic heterocycles. The number of nitrogens with zero attached hydrogens (tertiary/aromatic N) is 1. The van der Waals surface area contributed by atoms with Crippen molar-refractivity contribution in [1.29, 1.82) is 0 Å². The van der Waals surface area contributed by atoms with Crippen LogP contribution in [0, 0.1) is 34.5 Å². The third-order valence-corrected chi connectivity index (χ3v) is 10.6. The van der Waals surface area contributed by atoms with Crippen LogP contribution >= 0.6 is 11.8 Å². The molecule has 0 spiro atoms. The van der Waals surface area contributed by atoms with Crippen LogP contribution in [0.5, 0.6) is 0 Å². The molecule has 3 rings (SSSR count). The molecule has 0 saturated heterocycles. The van der Waals surface area contributed by atoms with Crippen LogP contribution in [0.15, 0.2) is 23.3 Å². The Balaban J connectivity index is 1.77. The van der Waals surface area contributed by atoms with Gasteiger partial charge in [0.1, 0.15) is 0 Å². The maximum absolute atomic E-state index is 12.4. The van der Waals surface area contributed by atoms with Gasteiger partial charge in [-0.25, -0.2) is 0 Å². The van der Waals surface area contributed by atoms with E-state index in [1.807, 2.05) is 29.8 Å². The zero-order valence-electron chi connectivity index (χ0n) is 22.2. The molecule has 3 aliphatic rings. The van der Waals surface area contributed by atoms with Gasteiger partial charge in [-0.3, -0.25) is 4.79 Å². The molecule has 7 atom stereocenters. The third kappa shape index (κ3) is 5.05. The van der Waals surface area contributed by atoms with E-state index in [9.17, 15) is 4.79 Å². The lowest BCUT2D eigenvalue weighted by molar-refractivity contribution is -0.140. The van der Waals surface area contributed by atoms with Crippen molar-refractivity contribution in [3.8, 4) is 0 Å². The molecular formula is C28H49N3OS. The Morgan fingerprint density at radius 3 is 2.73 bits per heavy atom. The standard InChI is InChI=1S/C28H49N3OS/c1-8-10-17-30-19-33-18-24(29-6)20(3)27(4)15-13-23-21(22(27)9-2)11-12-25-28(23,5)16-14-26(32)31(25)7/h14,16,18,20-23,25,29-30H,8-13,15,17,19H2,1-7H3/t20-,21?,22?,23?,25?,27-,28?/m1/s1. The van der Waals surface area contributed by atoms with Gasteiger partial charge in [-0.15, -0.1) is 11.8 Å². The van der Waals surface area contributed by atoms with E-state index in [2.05, 4.69) is 63.8 Å². The first-order valence-electron chi connectivity index (χ1n) is 13.4. The number of amides is 1. The van der Waals surface area contributed by atoms with Gasteiger partial charge in [-0.05, 0) is 73.3 Å². The molecule has 5 heteroatoms. The van der Waals surface area contributed by atoms with Gasteiger partial charge < -0.3 is 15.5 Å². The van der Waals surface area contributed by atoms with Gasteiger partial charge in [0, 0.05) is 43.0 Å². The summed E-state index contributed by atoms with van der Waals surface area (Å²) in [5.74, 6) is 3.80. The molecule has 0 aromatic heterocycles. The molecule has 2 N–H and O–H groups in total. The lowest BCUT2D eigenvalue weighted by Gasteiger charge is -2.62. The fourth-order valence-electron chi connectivity index (χ4n) is 7.69. The summed E-state index contributed by atoms with van der Waals surface area (Å²) >= 11 is 1.89. The molecule has 2 aliphatic carbocycles. The largest absolute Gasteiger partial charge is 0.391 e. The highest BCUT2D eigenvalue weighted by Gasteiger charge is 2.57. The van der Waals surface area contributed by atoms with Gasteiger partial charge >= 0.3 is 0 Å². The maximum atomic E-state index is 12.4. The quantitative estimate of drug-likeness (QED) is 0.300. The second-order valence-electron chi connectivity index (χ2n) is 11.3. The van der Waals surface area contributed by atoms with E-state index >= 15 is 0 Å². The second-order valence-corrected chi connectivity index (χ2v) is 12.1. The fourth-order valence-corrected chi connectivity index (χ4v) is 8.54. The van der Waals surface area contributed by atoms with Gasteiger partial charge in [0.25, 0.3) is 0 Å². The summed E-state index contributed by atoms with van der Waals surface area (Å²) in [5.41, 5.74) is 1.80. The number of likely N-dealkylation sites (N-methyl/N-ethyl adjacent to an activating group) is 1. The molecule has 33 heavy (non-hydrogen) atoms. The average Bonchev–Trinajstić information content (AvgIpc) is 2.80. The highest BCUT2D eigenvalue weighted by Crippen LogP contribution is 2.62. The van der Waals surface area contributed by atoms with Crippen molar-refractivity contribution in [2.75, 3.05) is 26.5 Å². The molecule has 5 unspecified atom stereocenters. The molecule has 0 radical (unpaired) electrons. The number of carbonyl (C=O) groups is 1. The van der Waals surface area contributed by atoms with Gasteiger partial charge in [-0.2, -0.15) is 0 Å². The molecule has 2 fully saturated rings. The van der Waals surface area contributed by atoms with Crippen LogP contribution in [0.1, 0.15) is 79.6 Å². The number of allylic oxidation sites excluding steroid dienone is 1. The number of hydrogen-bond acceptors (Lipinski definition) is 4. The summed E-state index contributed by atoms with van der Waals surface area (Å²) in [7, 11) is 4.11. The molecule has 0 aromatic carbocycles. The van der Waals surface area contributed by atoms with Crippen LogP contribution in [0.2, 0.25) is 0 Å². The highest BCUT2D eigenvalue weighted by atomic mass is 32.2.